The van der Waals surface area contributed by atoms with Gasteiger partial charge in [-0.05, 0) is 93.0 Å². The van der Waals surface area contributed by atoms with Crippen LogP contribution in [0.4, 0.5) is 4.39 Å². The van der Waals surface area contributed by atoms with Crippen molar-refractivity contribution in [1.29, 1.82) is 5.26 Å². The summed E-state index contributed by atoms with van der Waals surface area (Å²) >= 11 is 0. The zero-order valence-electron chi connectivity index (χ0n) is 28.1. The molecule has 2 aromatic carbocycles. The van der Waals surface area contributed by atoms with Crippen LogP contribution < -0.4 is 9.47 Å². The van der Waals surface area contributed by atoms with Crippen LogP contribution in [0.25, 0.3) is 0 Å². The Morgan fingerprint density at radius 2 is 1.40 bits per heavy atom. The maximum absolute atomic E-state index is 13.3. The van der Waals surface area contributed by atoms with Crippen LogP contribution in [0.5, 0.6) is 11.5 Å². The van der Waals surface area contributed by atoms with Gasteiger partial charge in [-0.25, -0.2) is 4.39 Å². The van der Waals surface area contributed by atoms with Gasteiger partial charge < -0.3 is 19.5 Å². The van der Waals surface area contributed by atoms with Gasteiger partial charge in [0.1, 0.15) is 5.82 Å². The molecule has 0 aliphatic carbocycles. The maximum atomic E-state index is 13.3. The van der Waals surface area contributed by atoms with Crippen molar-refractivity contribution in [1.82, 2.24) is 4.90 Å². The fourth-order valence-electron chi connectivity index (χ4n) is 6.82. The van der Waals surface area contributed by atoms with E-state index in [0.717, 1.165) is 82.1 Å². The fraction of sp³-hybridized carbons (Fsp3) is 0.658. The van der Waals surface area contributed by atoms with Crippen molar-refractivity contribution >= 4 is 12.4 Å². The molecular weight excluding hydrogens is 587 g/mol. The minimum absolute atomic E-state index is 0. The molecule has 5 nitrogen and oxygen atoms in total. The first-order valence-electron chi connectivity index (χ1n) is 17.3. The third-order valence-corrected chi connectivity index (χ3v) is 9.73. The molecule has 2 atom stereocenters. The summed E-state index contributed by atoms with van der Waals surface area (Å²) in [5.74, 6) is 1.33. The van der Waals surface area contributed by atoms with Gasteiger partial charge in [-0.15, -0.1) is 12.4 Å². The van der Waals surface area contributed by atoms with Crippen LogP contribution in [0.1, 0.15) is 127 Å². The number of halogens is 2. The van der Waals surface area contributed by atoms with Gasteiger partial charge in [-0.2, -0.15) is 5.26 Å². The van der Waals surface area contributed by atoms with Crippen molar-refractivity contribution in [2.75, 3.05) is 33.9 Å². The van der Waals surface area contributed by atoms with Gasteiger partial charge >= 0.3 is 0 Å². The van der Waals surface area contributed by atoms with E-state index >= 15 is 0 Å². The van der Waals surface area contributed by atoms with Crippen molar-refractivity contribution in [2.45, 2.75) is 121 Å². The number of hydrogen-bond donors (Lipinski definition) is 1. The molecule has 3 rings (SSSR count). The quantitative estimate of drug-likeness (QED) is 0.137. The molecule has 2 unspecified atom stereocenters. The van der Waals surface area contributed by atoms with Crippen LogP contribution in [0.3, 0.4) is 0 Å². The number of likely N-dealkylation sites (tertiary alicyclic amines) is 1. The van der Waals surface area contributed by atoms with E-state index in [-0.39, 0.29) is 24.1 Å². The molecule has 0 bridgehead atoms. The van der Waals surface area contributed by atoms with Crippen LogP contribution in [0, 0.1) is 23.1 Å². The Labute approximate surface area is 278 Å². The minimum Gasteiger partial charge on any atom is -0.493 e. The van der Waals surface area contributed by atoms with Gasteiger partial charge in [-0.3, -0.25) is 0 Å². The average molecular weight is 645 g/mol. The zero-order chi connectivity index (χ0) is 31.6. The first kappa shape index (κ1) is 38.9. The second-order valence-electron chi connectivity index (χ2n) is 12.8. The van der Waals surface area contributed by atoms with Crippen molar-refractivity contribution in [2.24, 2.45) is 5.92 Å². The van der Waals surface area contributed by atoms with Crippen molar-refractivity contribution < 1.29 is 19.0 Å². The number of hydrogen-bond acceptors (Lipinski definition) is 5. The molecule has 2 aromatic rings. The predicted molar refractivity (Wildman–Crippen MR) is 185 cm³/mol. The summed E-state index contributed by atoms with van der Waals surface area (Å²) < 4.78 is 24.4. The third kappa shape index (κ3) is 12.4. The van der Waals surface area contributed by atoms with E-state index in [4.69, 9.17) is 9.47 Å². The molecule has 0 radical (unpaired) electrons. The van der Waals surface area contributed by atoms with E-state index in [0.29, 0.717) is 11.5 Å². The number of rotatable bonds is 21. The number of aliphatic hydroxyl groups excluding tert-OH is 1. The maximum Gasteiger partial charge on any atom is 0.161 e. The number of nitrogens with zero attached hydrogens (tertiary/aromatic N) is 2. The molecule has 252 valence electrons. The summed E-state index contributed by atoms with van der Waals surface area (Å²) in [5, 5.41) is 21.4. The molecule has 1 fully saturated rings. The molecule has 1 saturated heterocycles. The highest BCUT2D eigenvalue weighted by atomic mass is 35.5. The first-order valence-corrected chi connectivity index (χ1v) is 17.3. The number of piperidine rings is 1. The van der Waals surface area contributed by atoms with E-state index in [1.54, 1.807) is 26.4 Å². The lowest BCUT2D eigenvalue weighted by Gasteiger charge is -2.34. The molecule has 1 aliphatic rings. The predicted octanol–water partition coefficient (Wildman–Crippen LogP) is 9.95. The molecule has 1 N–H and O–H groups in total. The van der Waals surface area contributed by atoms with E-state index in [1.807, 2.05) is 12.1 Å². The Morgan fingerprint density at radius 1 is 0.844 bits per heavy atom. The van der Waals surface area contributed by atoms with Crippen LogP contribution in [-0.4, -0.2) is 43.9 Å². The lowest BCUT2D eigenvalue weighted by molar-refractivity contribution is 0.0583. The fourth-order valence-corrected chi connectivity index (χ4v) is 6.82. The molecule has 0 saturated carbocycles. The highest BCUT2D eigenvalue weighted by molar-refractivity contribution is 5.85. The minimum atomic E-state index is -0.528. The van der Waals surface area contributed by atoms with Crippen LogP contribution in [-0.2, 0) is 5.41 Å². The Morgan fingerprint density at radius 3 is 1.96 bits per heavy atom. The second-order valence-corrected chi connectivity index (χ2v) is 12.8. The molecule has 0 spiro atoms. The summed E-state index contributed by atoms with van der Waals surface area (Å²) in [6.45, 7) is 5.27. The van der Waals surface area contributed by atoms with Gasteiger partial charge in [0.25, 0.3) is 0 Å². The van der Waals surface area contributed by atoms with E-state index in [1.165, 1.54) is 63.5 Å². The molecule has 45 heavy (non-hydrogen) atoms. The standard InChI is InChI=1S/C38H57FN2O3.ClH/c1-4-5-6-7-8-9-10-11-13-24-38(30-40,33-18-21-35(43-2)36(29-33)44-3)25-14-12-15-26-41-27-22-32(23-28-41)37(42)31-16-19-34(39)20-17-31;/h16-21,29,32,37,42H,4-15,22-28H2,1-3H3;1H. The SMILES string of the molecule is CCCCCCCCCCCC(C#N)(CCCCCN1CCC(C(O)c2ccc(F)cc2)CC1)c1ccc(OC)c(OC)c1.Cl. The number of methoxy groups -OCH3 is 2. The van der Waals surface area contributed by atoms with Gasteiger partial charge in [0.2, 0.25) is 0 Å². The average Bonchev–Trinajstić information content (AvgIpc) is 3.06. The number of aliphatic hydroxyl groups is 1. The molecule has 0 aromatic heterocycles. The molecule has 1 heterocycles. The number of nitriles is 1. The van der Waals surface area contributed by atoms with Gasteiger partial charge in [-0.1, -0.05) is 95.8 Å². The van der Waals surface area contributed by atoms with Crippen LogP contribution >= 0.6 is 12.4 Å². The smallest absolute Gasteiger partial charge is 0.161 e. The van der Waals surface area contributed by atoms with E-state index in [2.05, 4.69) is 24.0 Å². The number of unbranched alkanes of at least 4 members (excludes halogenated alkanes) is 10. The highest BCUT2D eigenvalue weighted by Gasteiger charge is 2.32. The second kappa shape index (κ2) is 21.5. The highest BCUT2D eigenvalue weighted by Crippen LogP contribution is 2.40. The zero-order valence-corrected chi connectivity index (χ0v) is 28.9. The molecule has 1 aliphatic heterocycles. The molecular formula is C38H58ClFN2O3. The summed E-state index contributed by atoms with van der Waals surface area (Å²) in [4.78, 5) is 2.50. The first-order chi connectivity index (χ1) is 21.5. The summed E-state index contributed by atoms with van der Waals surface area (Å²) in [7, 11) is 3.30. The van der Waals surface area contributed by atoms with Crippen LogP contribution in [0.15, 0.2) is 42.5 Å². The normalized spacial score (nSPS) is 15.9. The van der Waals surface area contributed by atoms with Crippen molar-refractivity contribution in [3.05, 3.63) is 59.4 Å². The summed E-state index contributed by atoms with van der Waals surface area (Å²) in [5.41, 5.74) is 1.33. The van der Waals surface area contributed by atoms with Crippen molar-refractivity contribution in [3.63, 3.8) is 0 Å². The van der Waals surface area contributed by atoms with E-state index in [9.17, 15) is 14.8 Å². The Balaban J connectivity index is 0.00000705. The Kier molecular flexibility index (Phi) is 18.5. The lowest BCUT2D eigenvalue weighted by atomic mass is 9.73. The van der Waals surface area contributed by atoms with Gasteiger partial charge in [0.15, 0.2) is 11.5 Å². The molecule has 7 heteroatoms. The third-order valence-electron chi connectivity index (χ3n) is 9.73. The summed E-state index contributed by atoms with van der Waals surface area (Å²) in [6, 6.07) is 15.0. The number of ether oxygens (including phenoxy) is 2. The van der Waals surface area contributed by atoms with Crippen LogP contribution in [0.2, 0.25) is 0 Å². The van der Waals surface area contributed by atoms with Crippen molar-refractivity contribution in [3.8, 4) is 17.6 Å². The Bertz CT molecular complexity index is 1120. The van der Waals surface area contributed by atoms with E-state index < -0.39 is 11.5 Å². The Hall–Kier alpha value is -2.33. The summed E-state index contributed by atoms with van der Waals surface area (Å²) in [6.07, 6.45) is 17.7. The lowest BCUT2D eigenvalue weighted by Crippen LogP contribution is -2.36. The topological polar surface area (TPSA) is 65.7 Å². The van der Waals surface area contributed by atoms with Gasteiger partial charge in [0, 0.05) is 0 Å². The van der Waals surface area contributed by atoms with Gasteiger partial charge in [0.05, 0.1) is 31.8 Å². The largest absolute Gasteiger partial charge is 0.493 e. The monoisotopic (exact) mass is 644 g/mol. The number of benzene rings is 2. The molecule has 0 amide bonds.